The molecule has 0 bridgehead atoms. The Balaban J connectivity index is 1.51. The molecule has 166 valence electrons. The lowest BCUT2D eigenvalue weighted by atomic mass is 10.1. The standard InChI is InChI=1S/C25H27N3O3S/c1-4-5-6-18-7-10-20(11-8-18)27-23(29)14-28-21-13-19(25-16(2)32-17(3)26-25)9-12-22(21)31-15-24(28)30/h7-13H,4-6,14-15H2,1-3H3,(H,27,29). The summed E-state index contributed by atoms with van der Waals surface area (Å²) in [5.41, 5.74) is 4.35. The van der Waals surface area contributed by atoms with E-state index in [-0.39, 0.29) is 25.0 Å². The van der Waals surface area contributed by atoms with Crippen LogP contribution in [-0.2, 0) is 16.0 Å². The van der Waals surface area contributed by atoms with E-state index >= 15 is 0 Å². The van der Waals surface area contributed by atoms with E-state index in [1.807, 2.05) is 56.3 Å². The number of nitrogens with zero attached hydrogens (tertiary/aromatic N) is 2. The summed E-state index contributed by atoms with van der Waals surface area (Å²) in [6, 6.07) is 13.5. The molecule has 2 amide bonds. The van der Waals surface area contributed by atoms with Gasteiger partial charge in [0.1, 0.15) is 12.3 Å². The lowest BCUT2D eigenvalue weighted by Crippen LogP contribution is -2.43. The molecule has 0 fully saturated rings. The molecule has 0 unspecified atom stereocenters. The zero-order valence-electron chi connectivity index (χ0n) is 18.6. The molecule has 6 nitrogen and oxygen atoms in total. The Labute approximate surface area is 192 Å². The van der Waals surface area contributed by atoms with Gasteiger partial charge in [-0.2, -0.15) is 0 Å². The zero-order valence-corrected chi connectivity index (χ0v) is 19.4. The number of amides is 2. The zero-order chi connectivity index (χ0) is 22.7. The van der Waals surface area contributed by atoms with Crippen LogP contribution in [0.2, 0.25) is 0 Å². The predicted molar refractivity (Wildman–Crippen MR) is 129 cm³/mol. The summed E-state index contributed by atoms with van der Waals surface area (Å²) in [6.45, 7) is 6.01. The van der Waals surface area contributed by atoms with Gasteiger partial charge in [-0.15, -0.1) is 11.3 Å². The summed E-state index contributed by atoms with van der Waals surface area (Å²) in [6.07, 6.45) is 3.33. The fourth-order valence-corrected chi connectivity index (χ4v) is 4.64. The van der Waals surface area contributed by atoms with Gasteiger partial charge in [-0.1, -0.05) is 25.5 Å². The van der Waals surface area contributed by atoms with Crippen LogP contribution >= 0.6 is 11.3 Å². The number of anilines is 2. The highest BCUT2D eigenvalue weighted by Crippen LogP contribution is 2.37. The van der Waals surface area contributed by atoms with Crippen molar-refractivity contribution in [3.63, 3.8) is 0 Å². The van der Waals surface area contributed by atoms with Crippen molar-refractivity contribution in [1.82, 2.24) is 4.98 Å². The second-order valence-corrected chi connectivity index (χ2v) is 9.34. The molecule has 1 aliphatic rings. The molecule has 0 atom stereocenters. The van der Waals surface area contributed by atoms with Crippen molar-refractivity contribution in [3.8, 4) is 17.0 Å². The van der Waals surface area contributed by atoms with Gasteiger partial charge in [0.2, 0.25) is 5.91 Å². The molecule has 0 radical (unpaired) electrons. The number of thiazole rings is 1. The highest BCUT2D eigenvalue weighted by molar-refractivity contribution is 7.11. The minimum absolute atomic E-state index is 0.0781. The summed E-state index contributed by atoms with van der Waals surface area (Å²) in [5, 5.41) is 3.88. The van der Waals surface area contributed by atoms with E-state index in [1.54, 1.807) is 11.3 Å². The first-order valence-corrected chi connectivity index (χ1v) is 11.7. The summed E-state index contributed by atoms with van der Waals surface area (Å²) in [7, 11) is 0. The molecule has 0 aliphatic carbocycles. The third-order valence-electron chi connectivity index (χ3n) is 5.44. The quantitative estimate of drug-likeness (QED) is 0.543. The van der Waals surface area contributed by atoms with Gasteiger partial charge in [-0.25, -0.2) is 4.98 Å². The number of fused-ring (bicyclic) bond motifs is 1. The normalized spacial score (nSPS) is 13.0. The van der Waals surface area contributed by atoms with E-state index in [1.165, 1.54) is 10.5 Å². The number of benzene rings is 2. The highest BCUT2D eigenvalue weighted by Gasteiger charge is 2.28. The van der Waals surface area contributed by atoms with Crippen molar-refractivity contribution in [2.24, 2.45) is 0 Å². The van der Waals surface area contributed by atoms with Crippen LogP contribution in [0.15, 0.2) is 42.5 Å². The minimum Gasteiger partial charge on any atom is -0.482 e. The van der Waals surface area contributed by atoms with Crippen LogP contribution in [0.3, 0.4) is 0 Å². The van der Waals surface area contributed by atoms with Gasteiger partial charge in [0.15, 0.2) is 6.61 Å². The van der Waals surface area contributed by atoms with Gasteiger partial charge in [-0.05, 0) is 62.6 Å². The topological polar surface area (TPSA) is 71.5 Å². The Morgan fingerprint density at radius 1 is 1.19 bits per heavy atom. The van der Waals surface area contributed by atoms with E-state index in [0.717, 1.165) is 46.1 Å². The third-order valence-corrected chi connectivity index (χ3v) is 6.32. The molecule has 0 saturated carbocycles. The minimum atomic E-state index is -0.251. The Morgan fingerprint density at radius 3 is 2.66 bits per heavy atom. The van der Waals surface area contributed by atoms with Gasteiger partial charge in [0, 0.05) is 16.1 Å². The summed E-state index contributed by atoms with van der Waals surface area (Å²) < 4.78 is 5.60. The largest absolute Gasteiger partial charge is 0.482 e. The number of hydrogen-bond acceptors (Lipinski definition) is 5. The Hall–Kier alpha value is -3.19. The fraction of sp³-hybridized carbons (Fsp3) is 0.320. The number of hydrogen-bond donors (Lipinski definition) is 1. The first-order valence-electron chi connectivity index (χ1n) is 10.8. The Kier molecular flexibility index (Phi) is 6.55. The molecule has 2 aromatic carbocycles. The van der Waals surface area contributed by atoms with Crippen LogP contribution in [0, 0.1) is 13.8 Å². The maximum Gasteiger partial charge on any atom is 0.265 e. The number of carbonyl (C=O) groups excluding carboxylic acids is 2. The van der Waals surface area contributed by atoms with Crippen molar-refractivity contribution in [3.05, 3.63) is 57.9 Å². The van der Waals surface area contributed by atoms with Crippen molar-refractivity contribution in [2.45, 2.75) is 40.0 Å². The van der Waals surface area contributed by atoms with Gasteiger partial charge in [0.05, 0.1) is 16.4 Å². The molecular weight excluding hydrogens is 422 g/mol. The molecule has 3 aromatic rings. The van der Waals surface area contributed by atoms with Crippen LogP contribution in [0.4, 0.5) is 11.4 Å². The van der Waals surface area contributed by atoms with Gasteiger partial charge in [-0.3, -0.25) is 14.5 Å². The van der Waals surface area contributed by atoms with Gasteiger partial charge >= 0.3 is 0 Å². The first kappa shape index (κ1) is 22.0. The summed E-state index contributed by atoms with van der Waals surface area (Å²) >= 11 is 1.63. The smallest absolute Gasteiger partial charge is 0.265 e. The van der Waals surface area contributed by atoms with Gasteiger partial charge < -0.3 is 10.1 Å². The fourth-order valence-electron chi connectivity index (χ4n) is 3.80. The second kappa shape index (κ2) is 9.53. The molecule has 1 N–H and O–H groups in total. The number of unbranched alkanes of at least 4 members (excludes halogenated alkanes) is 1. The number of aryl methyl sites for hydroxylation is 3. The van der Waals surface area contributed by atoms with Crippen LogP contribution < -0.4 is 15.0 Å². The molecule has 0 saturated heterocycles. The SMILES string of the molecule is CCCCc1ccc(NC(=O)CN2C(=O)COc3ccc(-c4nc(C)sc4C)cc32)cc1. The molecule has 0 spiro atoms. The third kappa shape index (κ3) is 4.83. The number of aromatic nitrogens is 1. The highest BCUT2D eigenvalue weighted by atomic mass is 32.1. The Morgan fingerprint density at radius 2 is 1.97 bits per heavy atom. The number of rotatable bonds is 7. The first-order chi connectivity index (χ1) is 15.4. The monoisotopic (exact) mass is 449 g/mol. The maximum absolute atomic E-state index is 12.7. The average molecular weight is 450 g/mol. The molecule has 1 aromatic heterocycles. The van der Waals surface area contributed by atoms with Crippen LogP contribution in [0.5, 0.6) is 5.75 Å². The number of carbonyl (C=O) groups is 2. The van der Waals surface area contributed by atoms with Crippen molar-refractivity contribution in [1.29, 1.82) is 0 Å². The predicted octanol–water partition coefficient (Wildman–Crippen LogP) is 5.13. The molecule has 32 heavy (non-hydrogen) atoms. The van der Waals surface area contributed by atoms with E-state index in [4.69, 9.17) is 4.74 Å². The van der Waals surface area contributed by atoms with E-state index in [2.05, 4.69) is 17.2 Å². The lowest BCUT2D eigenvalue weighted by molar-refractivity contribution is -0.123. The van der Waals surface area contributed by atoms with Crippen molar-refractivity contribution in [2.75, 3.05) is 23.4 Å². The molecule has 1 aliphatic heterocycles. The van der Waals surface area contributed by atoms with Crippen LogP contribution in [0.25, 0.3) is 11.3 Å². The molecule has 2 heterocycles. The van der Waals surface area contributed by atoms with E-state index in [0.29, 0.717) is 11.4 Å². The van der Waals surface area contributed by atoms with Gasteiger partial charge in [0.25, 0.3) is 5.91 Å². The molecular formula is C25H27N3O3S. The average Bonchev–Trinajstić information content (AvgIpc) is 3.12. The second-order valence-electron chi connectivity index (χ2n) is 7.94. The van der Waals surface area contributed by atoms with Crippen LogP contribution in [-0.4, -0.2) is 29.9 Å². The lowest BCUT2D eigenvalue weighted by Gasteiger charge is -2.29. The number of nitrogens with one attached hydrogen (secondary N) is 1. The van der Waals surface area contributed by atoms with E-state index < -0.39 is 0 Å². The molecule has 7 heteroatoms. The Bertz CT molecular complexity index is 1140. The number of ether oxygens (including phenoxy) is 1. The summed E-state index contributed by atoms with van der Waals surface area (Å²) in [5.74, 6) is 0.0931. The van der Waals surface area contributed by atoms with Crippen LogP contribution in [0.1, 0.15) is 35.2 Å². The molecule has 4 rings (SSSR count). The van der Waals surface area contributed by atoms with Crippen molar-refractivity contribution >= 4 is 34.5 Å². The van der Waals surface area contributed by atoms with Crippen molar-refractivity contribution < 1.29 is 14.3 Å². The maximum atomic E-state index is 12.7. The summed E-state index contributed by atoms with van der Waals surface area (Å²) in [4.78, 5) is 32.6. The van der Waals surface area contributed by atoms with E-state index in [9.17, 15) is 9.59 Å².